The highest BCUT2D eigenvalue weighted by atomic mass is 35.5. The number of hydrogen-bond donors (Lipinski definition) is 2. The van der Waals surface area contributed by atoms with Crippen molar-refractivity contribution in [3.8, 4) is 5.75 Å². The molecule has 0 spiro atoms. The largest absolute Gasteiger partial charge is 0.497 e. The van der Waals surface area contributed by atoms with E-state index in [2.05, 4.69) is 16.3 Å². The second-order valence-corrected chi connectivity index (χ2v) is 7.01. The van der Waals surface area contributed by atoms with Crippen molar-refractivity contribution in [1.29, 1.82) is 0 Å². The number of rotatable bonds is 5. The van der Waals surface area contributed by atoms with Crippen LogP contribution in [-0.4, -0.2) is 43.6 Å². The molecule has 1 aliphatic carbocycles. The average molecular weight is 404 g/mol. The van der Waals surface area contributed by atoms with Crippen LogP contribution in [0.3, 0.4) is 0 Å². The van der Waals surface area contributed by atoms with Gasteiger partial charge < -0.3 is 20.7 Å². The highest BCUT2D eigenvalue weighted by molar-refractivity contribution is 5.85. The molecule has 2 atom stereocenters. The fourth-order valence-corrected chi connectivity index (χ4v) is 4.07. The van der Waals surface area contributed by atoms with Gasteiger partial charge in [-0.15, -0.1) is 24.8 Å². The average Bonchev–Trinajstić information content (AvgIpc) is 3.10. The SMILES string of the molecule is COc1cccc(NC2CCN(C(=O)[C@@H]3CCC[C@@H]3CN)CC2)c1.Cl.Cl. The number of likely N-dealkylation sites (tertiary alicyclic amines) is 1. The predicted molar refractivity (Wildman–Crippen MR) is 111 cm³/mol. The molecular weight excluding hydrogens is 373 g/mol. The summed E-state index contributed by atoms with van der Waals surface area (Å²) in [6, 6.07) is 8.43. The van der Waals surface area contributed by atoms with E-state index in [9.17, 15) is 4.79 Å². The number of nitrogens with two attached hydrogens (primary N) is 1. The molecule has 2 aliphatic rings. The van der Waals surface area contributed by atoms with Crippen LogP contribution in [0.25, 0.3) is 0 Å². The molecular formula is C19H31Cl2N3O2. The molecule has 0 bridgehead atoms. The summed E-state index contributed by atoms with van der Waals surface area (Å²) in [5.74, 6) is 1.76. The zero-order valence-corrected chi connectivity index (χ0v) is 17.0. The number of methoxy groups -OCH3 is 1. The standard InChI is InChI=1S/C19H29N3O2.2ClH/c1-24-17-6-3-5-16(12-17)21-15-8-10-22(11-9-15)19(23)18-7-2-4-14(18)13-20;;/h3,5-6,12,14-15,18,21H,2,4,7-11,13,20H2,1H3;2*1H/t14-,18-;;/m1../s1. The van der Waals surface area contributed by atoms with E-state index in [0.717, 1.165) is 56.6 Å². The van der Waals surface area contributed by atoms with Crippen LogP contribution >= 0.6 is 24.8 Å². The quantitative estimate of drug-likeness (QED) is 0.790. The van der Waals surface area contributed by atoms with Crippen molar-refractivity contribution in [3.05, 3.63) is 24.3 Å². The Morgan fingerprint density at radius 3 is 2.62 bits per heavy atom. The van der Waals surface area contributed by atoms with E-state index >= 15 is 0 Å². The van der Waals surface area contributed by atoms with Gasteiger partial charge in [-0.2, -0.15) is 0 Å². The summed E-state index contributed by atoms with van der Waals surface area (Å²) in [5.41, 5.74) is 6.91. The van der Waals surface area contributed by atoms with Gasteiger partial charge in [-0.3, -0.25) is 4.79 Å². The van der Waals surface area contributed by atoms with E-state index < -0.39 is 0 Å². The van der Waals surface area contributed by atoms with Gasteiger partial charge >= 0.3 is 0 Å². The Bertz CT molecular complexity index is 565. The van der Waals surface area contributed by atoms with Gasteiger partial charge in [-0.05, 0) is 50.3 Å². The van der Waals surface area contributed by atoms with Crippen LogP contribution in [0.1, 0.15) is 32.1 Å². The molecule has 7 heteroatoms. The molecule has 5 nitrogen and oxygen atoms in total. The lowest BCUT2D eigenvalue weighted by molar-refractivity contribution is -0.137. The lowest BCUT2D eigenvalue weighted by atomic mass is 9.93. The van der Waals surface area contributed by atoms with Crippen LogP contribution in [0.2, 0.25) is 0 Å². The molecule has 0 aromatic heterocycles. The molecule has 0 radical (unpaired) electrons. The van der Waals surface area contributed by atoms with Crippen LogP contribution in [0.15, 0.2) is 24.3 Å². The molecule has 2 fully saturated rings. The fraction of sp³-hybridized carbons (Fsp3) is 0.632. The highest BCUT2D eigenvalue weighted by Crippen LogP contribution is 2.33. The molecule has 26 heavy (non-hydrogen) atoms. The zero-order chi connectivity index (χ0) is 16.9. The van der Waals surface area contributed by atoms with E-state index in [4.69, 9.17) is 10.5 Å². The second-order valence-electron chi connectivity index (χ2n) is 7.01. The van der Waals surface area contributed by atoms with Crippen LogP contribution in [0.5, 0.6) is 5.75 Å². The summed E-state index contributed by atoms with van der Waals surface area (Å²) in [6.45, 7) is 2.33. The number of benzene rings is 1. The third-order valence-electron chi connectivity index (χ3n) is 5.53. The zero-order valence-electron chi connectivity index (χ0n) is 15.4. The van der Waals surface area contributed by atoms with E-state index in [1.807, 2.05) is 18.2 Å². The van der Waals surface area contributed by atoms with Gasteiger partial charge in [0, 0.05) is 36.8 Å². The number of carbonyl (C=O) groups is 1. The number of anilines is 1. The minimum absolute atomic E-state index is 0. The van der Waals surface area contributed by atoms with Gasteiger partial charge in [0.2, 0.25) is 5.91 Å². The smallest absolute Gasteiger partial charge is 0.226 e. The Labute approximate surface area is 168 Å². The normalized spacial score (nSPS) is 22.9. The molecule has 1 aromatic rings. The number of nitrogens with zero attached hydrogens (tertiary/aromatic N) is 1. The third kappa shape index (κ3) is 5.41. The van der Waals surface area contributed by atoms with E-state index in [1.54, 1.807) is 7.11 Å². The van der Waals surface area contributed by atoms with Gasteiger partial charge in [0.25, 0.3) is 0 Å². The molecule has 3 rings (SSSR count). The minimum Gasteiger partial charge on any atom is -0.497 e. The molecule has 1 saturated heterocycles. The summed E-state index contributed by atoms with van der Waals surface area (Å²) in [6.07, 6.45) is 5.25. The van der Waals surface area contributed by atoms with Crippen molar-refractivity contribution in [2.75, 3.05) is 32.1 Å². The Balaban J connectivity index is 0.00000169. The Morgan fingerprint density at radius 2 is 1.96 bits per heavy atom. The van der Waals surface area contributed by atoms with Crippen LogP contribution in [-0.2, 0) is 4.79 Å². The maximum Gasteiger partial charge on any atom is 0.226 e. The highest BCUT2D eigenvalue weighted by Gasteiger charge is 2.35. The van der Waals surface area contributed by atoms with Crippen molar-refractivity contribution < 1.29 is 9.53 Å². The van der Waals surface area contributed by atoms with Crippen molar-refractivity contribution in [1.82, 2.24) is 4.90 Å². The van der Waals surface area contributed by atoms with Gasteiger partial charge in [-0.25, -0.2) is 0 Å². The minimum atomic E-state index is 0. The topological polar surface area (TPSA) is 67.6 Å². The lowest BCUT2D eigenvalue weighted by Crippen LogP contribution is -2.46. The monoisotopic (exact) mass is 403 g/mol. The summed E-state index contributed by atoms with van der Waals surface area (Å²) in [7, 11) is 1.68. The predicted octanol–water partition coefficient (Wildman–Crippen LogP) is 3.32. The number of nitrogens with one attached hydrogen (secondary N) is 1. The maximum absolute atomic E-state index is 12.8. The Morgan fingerprint density at radius 1 is 1.23 bits per heavy atom. The molecule has 1 heterocycles. The molecule has 3 N–H and O–H groups in total. The number of piperidine rings is 1. The van der Waals surface area contributed by atoms with E-state index in [0.29, 0.717) is 24.4 Å². The van der Waals surface area contributed by atoms with Crippen LogP contribution in [0.4, 0.5) is 5.69 Å². The number of hydrogen-bond acceptors (Lipinski definition) is 4. The number of halogens is 2. The maximum atomic E-state index is 12.8. The number of ether oxygens (including phenoxy) is 1. The van der Waals surface area contributed by atoms with Gasteiger partial charge in [0.05, 0.1) is 7.11 Å². The first-order valence-corrected chi connectivity index (χ1v) is 9.10. The first-order valence-electron chi connectivity index (χ1n) is 9.10. The van der Waals surface area contributed by atoms with E-state index in [-0.39, 0.29) is 30.7 Å². The van der Waals surface area contributed by atoms with Gasteiger partial charge in [-0.1, -0.05) is 12.5 Å². The fourth-order valence-electron chi connectivity index (χ4n) is 4.07. The molecule has 1 amide bonds. The second kappa shape index (κ2) is 10.9. The lowest BCUT2D eigenvalue weighted by Gasteiger charge is -2.35. The van der Waals surface area contributed by atoms with Gasteiger partial charge in [0.1, 0.15) is 5.75 Å². The molecule has 1 aromatic carbocycles. The summed E-state index contributed by atoms with van der Waals surface area (Å²) >= 11 is 0. The van der Waals surface area contributed by atoms with Gasteiger partial charge in [0.15, 0.2) is 0 Å². The van der Waals surface area contributed by atoms with Crippen LogP contribution in [0, 0.1) is 11.8 Å². The molecule has 1 aliphatic heterocycles. The number of amides is 1. The molecule has 148 valence electrons. The molecule has 0 unspecified atom stereocenters. The number of carbonyl (C=O) groups excluding carboxylic acids is 1. The van der Waals surface area contributed by atoms with Crippen molar-refractivity contribution >= 4 is 36.4 Å². The van der Waals surface area contributed by atoms with Crippen molar-refractivity contribution in [2.45, 2.75) is 38.1 Å². The van der Waals surface area contributed by atoms with E-state index in [1.165, 1.54) is 0 Å². The summed E-state index contributed by atoms with van der Waals surface area (Å²) in [5, 5.41) is 3.57. The Kier molecular flexibility index (Phi) is 9.55. The van der Waals surface area contributed by atoms with Crippen LogP contribution < -0.4 is 15.8 Å². The third-order valence-corrected chi connectivity index (χ3v) is 5.53. The first-order chi connectivity index (χ1) is 11.7. The molecule has 1 saturated carbocycles. The van der Waals surface area contributed by atoms with Crippen molar-refractivity contribution in [2.24, 2.45) is 17.6 Å². The summed E-state index contributed by atoms with van der Waals surface area (Å²) in [4.78, 5) is 14.8. The first kappa shape index (κ1) is 22.9. The Hall–Kier alpha value is -1.17. The summed E-state index contributed by atoms with van der Waals surface area (Å²) < 4.78 is 5.27. The van der Waals surface area contributed by atoms with Crippen molar-refractivity contribution in [3.63, 3.8) is 0 Å².